The first-order valence-electron chi connectivity index (χ1n) is 9.30. The summed E-state index contributed by atoms with van der Waals surface area (Å²) in [5.41, 5.74) is 1.43. The smallest absolute Gasteiger partial charge is 0.254 e. The highest BCUT2D eigenvalue weighted by Crippen LogP contribution is 2.25. The van der Waals surface area contributed by atoms with E-state index in [9.17, 15) is 9.59 Å². The average Bonchev–Trinajstić information content (AvgIpc) is 3.42. The highest BCUT2D eigenvalue weighted by Gasteiger charge is 2.47. The van der Waals surface area contributed by atoms with E-state index in [1.807, 2.05) is 69.3 Å². The van der Waals surface area contributed by atoms with Gasteiger partial charge >= 0.3 is 0 Å². The molecular weight excluding hydrogens is 338 g/mol. The van der Waals surface area contributed by atoms with E-state index >= 15 is 0 Å². The summed E-state index contributed by atoms with van der Waals surface area (Å²) < 4.78 is 0. The number of hydrogen-bond donors (Lipinski definition) is 2. The first-order chi connectivity index (χ1) is 12.8. The predicted molar refractivity (Wildman–Crippen MR) is 106 cm³/mol. The van der Waals surface area contributed by atoms with Crippen LogP contribution in [0.15, 0.2) is 60.7 Å². The fourth-order valence-electron chi connectivity index (χ4n) is 3.09. The van der Waals surface area contributed by atoms with Crippen LogP contribution in [0.1, 0.15) is 36.7 Å². The predicted octanol–water partition coefficient (Wildman–Crippen LogP) is 2.58. The summed E-state index contributed by atoms with van der Waals surface area (Å²) in [7, 11) is 0. The molecule has 3 rings (SSSR count). The minimum Gasteiger partial charge on any atom is -0.350 e. The Bertz CT molecular complexity index is 784. The van der Waals surface area contributed by atoms with E-state index < -0.39 is 6.04 Å². The molecule has 2 amide bonds. The third-order valence-corrected chi connectivity index (χ3v) is 4.47. The molecule has 1 fully saturated rings. The van der Waals surface area contributed by atoms with Crippen LogP contribution in [-0.4, -0.2) is 40.9 Å². The van der Waals surface area contributed by atoms with E-state index in [0.717, 1.165) is 5.56 Å². The highest BCUT2D eigenvalue weighted by atomic mass is 16.2. The number of benzene rings is 2. The summed E-state index contributed by atoms with van der Waals surface area (Å²) in [5, 5.41) is 6.39. The first kappa shape index (κ1) is 19.1. The van der Waals surface area contributed by atoms with Crippen LogP contribution in [-0.2, 0) is 11.3 Å². The molecule has 27 heavy (non-hydrogen) atoms. The zero-order valence-electron chi connectivity index (χ0n) is 16.1. The second kappa shape index (κ2) is 7.92. The SMILES string of the molecule is CC(C)(C)NC(=O)C(NCc1ccccc1)[C@@H]1CN1C(=O)c1ccccc1. The molecule has 2 aromatic carbocycles. The molecule has 0 saturated carbocycles. The van der Waals surface area contributed by atoms with Crippen LogP contribution in [0.25, 0.3) is 0 Å². The van der Waals surface area contributed by atoms with Gasteiger partial charge in [-0.05, 0) is 38.5 Å². The third-order valence-electron chi connectivity index (χ3n) is 4.47. The summed E-state index contributed by atoms with van der Waals surface area (Å²) in [6.07, 6.45) is 0. The van der Waals surface area contributed by atoms with Crippen LogP contribution >= 0.6 is 0 Å². The van der Waals surface area contributed by atoms with Gasteiger partial charge in [0.2, 0.25) is 5.91 Å². The maximum atomic E-state index is 12.9. The lowest BCUT2D eigenvalue weighted by molar-refractivity contribution is -0.124. The summed E-state index contributed by atoms with van der Waals surface area (Å²) in [6, 6.07) is 18.6. The molecule has 2 N–H and O–H groups in total. The van der Waals surface area contributed by atoms with Crippen molar-refractivity contribution in [2.45, 2.75) is 44.9 Å². The minimum absolute atomic E-state index is 0.0318. The van der Waals surface area contributed by atoms with Crippen molar-refractivity contribution in [2.24, 2.45) is 0 Å². The van der Waals surface area contributed by atoms with Gasteiger partial charge in [0.25, 0.3) is 5.91 Å². The van der Waals surface area contributed by atoms with E-state index in [1.54, 1.807) is 17.0 Å². The normalized spacial score (nSPS) is 17.3. The number of amides is 2. The number of carbonyl (C=O) groups excluding carboxylic acids is 2. The van der Waals surface area contributed by atoms with E-state index in [0.29, 0.717) is 18.7 Å². The number of carbonyl (C=O) groups is 2. The Morgan fingerprint density at radius 2 is 1.63 bits per heavy atom. The summed E-state index contributed by atoms with van der Waals surface area (Å²) in [4.78, 5) is 27.3. The monoisotopic (exact) mass is 365 g/mol. The van der Waals surface area contributed by atoms with E-state index in [-0.39, 0.29) is 23.4 Å². The summed E-state index contributed by atoms with van der Waals surface area (Å²) in [6.45, 7) is 7.03. The van der Waals surface area contributed by atoms with E-state index in [4.69, 9.17) is 0 Å². The molecule has 1 unspecified atom stereocenters. The Labute approximate surface area is 160 Å². The van der Waals surface area contributed by atoms with Gasteiger partial charge in [0, 0.05) is 24.2 Å². The van der Waals surface area contributed by atoms with Gasteiger partial charge in [0.15, 0.2) is 0 Å². The lowest BCUT2D eigenvalue weighted by Crippen LogP contribution is -2.53. The maximum absolute atomic E-state index is 12.9. The molecule has 5 heteroatoms. The van der Waals surface area contributed by atoms with Gasteiger partial charge in [0.1, 0.15) is 6.04 Å². The minimum atomic E-state index is -0.447. The molecule has 0 radical (unpaired) electrons. The molecule has 2 aromatic rings. The largest absolute Gasteiger partial charge is 0.350 e. The maximum Gasteiger partial charge on any atom is 0.254 e. The van der Waals surface area contributed by atoms with Crippen molar-refractivity contribution in [3.8, 4) is 0 Å². The number of nitrogens with one attached hydrogen (secondary N) is 2. The quantitative estimate of drug-likeness (QED) is 0.774. The van der Waals surface area contributed by atoms with Gasteiger partial charge in [-0.3, -0.25) is 14.9 Å². The fraction of sp³-hybridized carbons (Fsp3) is 0.364. The Hall–Kier alpha value is -2.66. The third kappa shape index (κ3) is 5.17. The van der Waals surface area contributed by atoms with Crippen molar-refractivity contribution < 1.29 is 9.59 Å². The molecule has 0 spiro atoms. The molecule has 1 aliphatic heterocycles. The molecule has 1 aliphatic rings. The molecule has 1 saturated heterocycles. The highest BCUT2D eigenvalue weighted by molar-refractivity contribution is 5.97. The number of nitrogens with zero attached hydrogens (tertiary/aromatic N) is 1. The topological polar surface area (TPSA) is 61.2 Å². The van der Waals surface area contributed by atoms with Crippen molar-refractivity contribution in [1.82, 2.24) is 15.5 Å². The van der Waals surface area contributed by atoms with Gasteiger partial charge in [-0.2, -0.15) is 0 Å². The lowest BCUT2D eigenvalue weighted by Gasteiger charge is -2.25. The van der Waals surface area contributed by atoms with Crippen molar-refractivity contribution in [3.63, 3.8) is 0 Å². The van der Waals surface area contributed by atoms with Crippen LogP contribution in [0.5, 0.6) is 0 Å². The molecule has 0 aliphatic carbocycles. The van der Waals surface area contributed by atoms with Crippen LogP contribution < -0.4 is 10.6 Å². The standard InChI is InChI=1S/C22H27N3O2/c1-22(2,3)24-20(26)19(23-14-16-10-6-4-7-11-16)18-15-25(18)21(27)17-12-8-5-9-13-17/h4-13,18-19,23H,14-15H2,1-3H3,(H,24,26)/t18-,19?,25?/m0/s1. The molecular formula is C22H27N3O2. The van der Waals surface area contributed by atoms with Crippen molar-refractivity contribution in [3.05, 3.63) is 71.8 Å². The summed E-state index contributed by atoms with van der Waals surface area (Å²) in [5.74, 6) is -0.109. The second-order valence-electron chi connectivity index (χ2n) is 7.97. The Morgan fingerprint density at radius 1 is 1.04 bits per heavy atom. The van der Waals surface area contributed by atoms with Gasteiger partial charge in [-0.1, -0.05) is 48.5 Å². The fourth-order valence-corrected chi connectivity index (χ4v) is 3.09. The van der Waals surface area contributed by atoms with E-state index in [1.165, 1.54) is 0 Å². The Morgan fingerprint density at radius 3 is 2.22 bits per heavy atom. The molecule has 0 bridgehead atoms. The molecule has 142 valence electrons. The van der Waals surface area contributed by atoms with Gasteiger partial charge in [-0.15, -0.1) is 0 Å². The Kier molecular flexibility index (Phi) is 5.61. The zero-order chi connectivity index (χ0) is 19.4. The van der Waals surface area contributed by atoms with Gasteiger partial charge < -0.3 is 10.2 Å². The second-order valence-corrected chi connectivity index (χ2v) is 7.97. The number of hydrogen-bond acceptors (Lipinski definition) is 3. The van der Waals surface area contributed by atoms with Crippen LogP contribution in [0, 0.1) is 0 Å². The number of rotatable bonds is 6. The van der Waals surface area contributed by atoms with Crippen LogP contribution in [0.2, 0.25) is 0 Å². The Balaban J connectivity index is 1.70. The van der Waals surface area contributed by atoms with Crippen LogP contribution in [0.4, 0.5) is 0 Å². The van der Waals surface area contributed by atoms with Crippen LogP contribution in [0.3, 0.4) is 0 Å². The molecule has 2 atom stereocenters. The lowest BCUT2D eigenvalue weighted by atomic mass is 10.1. The zero-order valence-corrected chi connectivity index (χ0v) is 16.1. The molecule has 5 nitrogen and oxygen atoms in total. The average molecular weight is 365 g/mol. The van der Waals surface area contributed by atoms with E-state index in [2.05, 4.69) is 10.6 Å². The first-order valence-corrected chi connectivity index (χ1v) is 9.30. The molecule has 1 heterocycles. The van der Waals surface area contributed by atoms with Crippen molar-refractivity contribution >= 4 is 11.8 Å². The summed E-state index contributed by atoms with van der Waals surface area (Å²) >= 11 is 0. The van der Waals surface area contributed by atoms with Crippen molar-refractivity contribution in [1.29, 1.82) is 0 Å². The van der Waals surface area contributed by atoms with Crippen molar-refractivity contribution in [2.75, 3.05) is 6.54 Å². The van der Waals surface area contributed by atoms with Gasteiger partial charge in [-0.25, -0.2) is 0 Å². The van der Waals surface area contributed by atoms with Gasteiger partial charge in [0.05, 0.1) is 6.04 Å². The molecule has 0 aromatic heterocycles.